The van der Waals surface area contributed by atoms with E-state index in [0.29, 0.717) is 5.54 Å². The summed E-state index contributed by atoms with van der Waals surface area (Å²) in [6.45, 7) is 7.98. The van der Waals surface area contributed by atoms with Crippen molar-refractivity contribution in [3.63, 3.8) is 0 Å². The number of nitrogens with zero attached hydrogens (tertiary/aromatic N) is 1. The molecule has 0 aromatic heterocycles. The SMILES string of the molecule is C/[SH]=[SH]\CC[C@@H]1C(CN)[C@H]2CC2N1C(C)(C)C. The van der Waals surface area contributed by atoms with E-state index in [1.807, 2.05) is 0 Å². The fourth-order valence-corrected chi connectivity index (χ4v) is 5.21. The summed E-state index contributed by atoms with van der Waals surface area (Å²) in [6, 6.07) is 1.60. The van der Waals surface area contributed by atoms with E-state index in [0.717, 1.165) is 30.5 Å². The summed E-state index contributed by atoms with van der Waals surface area (Å²) < 4.78 is 0. The average Bonchev–Trinajstić information content (AvgIpc) is 2.92. The average molecular weight is 277 g/mol. The van der Waals surface area contributed by atoms with Gasteiger partial charge in [0.05, 0.1) is 0 Å². The van der Waals surface area contributed by atoms with Gasteiger partial charge < -0.3 is 5.73 Å². The highest BCUT2D eigenvalue weighted by atomic mass is 32.8. The first-order valence-electron chi connectivity index (χ1n) is 6.74. The lowest BCUT2D eigenvalue weighted by molar-refractivity contribution is 0.0771. The van der Waals surface area contributed by atoms with Crippen molar-refractivity contribution in [1.82, 2.24) is 4.90 Å². The molecule has 0 radical (unpaired) electrons. The highest BCUT2D eigenvalue weighted by Crippen LogP contribution is 2.54. The molecule has 0 aromatic rings. The Morgan fingerprint density at radius 2 is 2.06 bits per heavy atom. The standard InChI is InChI=1S/C13H28N2S2/c1-13(2,3)15-11(5-6-17-16-4)10(8-14)9-7-12(9)15/h9-12,16-17H,5-8,14H2,1-4H3/t9-,10?,11-,12?/m1/s1. The summed E-state index contributed by atoms with van der Waals surface area (Å²) >= 11 is 0. The van der Waals surface area contributed by atoms with Crippen molar-refractivity contribution in [1.29, 1.82) is 0 Å². The molecule has 2 N–H and O–H groups in total. The smallest absolute Gasteiger partial charge is 0.0155 e. The predicted octanol–water partition coefficient (Wildman–Crippen LogP) is 0.997. The third-order valence-electron chi connectivity index (χ3n) is 4.28. The minimum Gasteiger partial charge on any atom is -0.330 e. The number of thiol groups is 2. The highest BCUT2D eigenvalue weighted by molar-refractivity contribution is 8.26. The molecule has 102 valence electrons. The van der Waals surface area contributed by atoms with Gasteiger partial charge in [0.2, 0.25) is 0 Å². The molecular weight excluding hydrogens is 248 g/mol. The molecule has 2 unspecified atom stereocenters. The molecule has 1 saturated heterocycles. The van der Waals surface area contributed by atoms with Gasteiger partial charge in [-0.1, -0.05) is 0 Å². The zero-order valence-electron chi connectivity index (χ0n) is 11.6. The summed E-state index contributed by atoms with van der Waals surface area (Å²) in [6.07, 6.45) is 4.99. The second-order valence-corrected chi connectivity index (χ2v) is 9.54. The molecule has 1 heterocycles. The first-order chi connectivity index (χ1) is 8.00. The third kappa shape index (κ3) is 2.80. The Kier molecular flexibility index (Phi) is 4.39. The zero-order chi connectivity index (χ0) is 12.6. The van der Waals surface area contributed by atoms with Gasteiger partial charge >= 0.3 is 0 Å². The van der Waals surface area contributed by atoms with E-state index in [4.69, 9.17) is 5.73 Å². The van der Waals surface area contributed by atoms with Crippen molar-refractivity contribution < 1.29 is 0 Å². The van der Waals surface area contributed by atoms with Crippen molar-refractivity contribution in [2.24, 2.45) is 17.6 Å². The second kappa shape index (κ2) is 5.32. The van der Waals surface area contributed by atoms with Crippen LogP contribution in [0.25, 0.3) is 0 Å². The number of rotatable bonds is 4. The molecule has 0 bridgehead atoms. The van der Waals surface area contributed by atoms with Crippen LogP contribution >= 0.6 is 0 Å². The first kappa shape index (κ1) is 14.0. The number of fused-ring (bicyclic) bond motifs is 1. The minimum absolute atomic E-state index is 0.314. The molecule has 17 heavy (non-hydrogen) atoms. The third-order valence-corrected chi connectivity index (χ3v) is 6.47. The summed E-state index contributed by atoms with van der Waals surface area (Å²) in [5.74, 6) is 3.02. The summed E-state index contributed by atoms with van der Waals surface area (Å²) in [5.41, 5.74) is 6.33. The Balaban J connectivity index is 2.07. The topological polar surface area (TPSA) is 29.3 Å². The normalized spacial score (nSPS) is 38.6. The van der Waals surface area contributed by atoms with Crippen molar-refractivity contribution in [3.8, 4) is 0 Å². The van der Waals surface area contributed by atoms with Crippen LogP contribution in [0, 0.1) is 11.8 Å². The fourth-order valence-electron chi connectivity index (χ4n) is 3.69. The molecule has 2 aliphatic rings. The van der Waals surface area contributed by atoms with E-state index >= 15 is 0 Å². The highest BCUT2D eigenvalue weighted by Gasteiger charge is 2.59. The molecule has 2 nitrogen and oxygen atoms in total. The molecule has 0 aromatic carbocycles. The largest absolute Gasteiger partial charge is 0.330 e. The lowest BCUT2D eigenvalue weighted by Crippen LogP contribution is -2.49. The van der Waals surface area contributed by atoms with Crippen LogP contribution in [0.4, 0.5) is 0 Å². The lowest BCUT2D eigenvalue weighted by Gasteiger charge is -2.41. The molecule has 4 atom stereocenters. The Hall–Kier alpha value is 0.620. The molecular formula is C13H28N2S2. The van der Waals surface area contributed by atoms with E-state index < -0.39 is 0 Å². The molecule has 2 rings (SSSR count). The number of piperidine rings is 1. The van der Waals surface area contributed by atoms with Gasteiger partial charge in [0.1, 0.15) is 0 Å². The van der Waals surface area contributed by atoms with E-state index in [2.05, 4.69) is 31.9 Å². The summed E-state index contributed by atoms with van der Waals surface area (Å²) in [7, 11) is 3.09. The van der Waals surface area contributed by atoms with Gasteiger partial charge in [-0.3, -0.25) is 4.90 Å². The van der Waals surface area contributed by atoms with Crippen LogP contribution < -0.4 is 5.73 Å². The maximum absolute atomic E-state index is 6.02. The van der Waals surface area contributed by atoms with Crippen molar-refractivity contribution in [2.45, 2.75) is 51.2 Å². The zero-order valence-corrected chi connectivity index (χ0v) is 13.3. The van der Waals surface area contributed by atoms with E-state index in [1.165, 1.54) is 28.9 Å². The van der Waals surface area contributed by atoms with Crippen LogP contribution in [-0.2, 0) is 20.6 Å². The molecule has 2 fully saturated rings. The number of likely N-dealkylation sites (tertiary alicyclic amines) is 1. The summed E-state index contributed by atoms with van der Waals surface area (Å²) in [4.78, 5) is 2.79. The maximum atomic E-state index is 6.02. The van der Waals surface area contributed by atoms with E-state index in [1.54, 1.807) is 10.3 Å². The van der Waals surface area contributed by atoms with Crippen LogP contribution in [0.5, 0.6) is 0 Å². The minimum atomic E-state index is 0.314. The Labute approximate surface area is 113 Å². The maximum Gasteiger partial charge on any atom is 0.0155 e. The van der Waals surface area contributed by atoms with Crippen molar-refractivity contribution >= 4 is 20.6 Å². The monoisotopic (exact) mass is 276 g/mol. The van der Waals surface area contributed by atoms with Gasteiger partial charge in [0.25, 0.3) is 0 Å². The van der Waals surface area contributed by atoms with Crippen LogP contribution in [0.1, 0.15) is 33.6 Å². The van der Waals surface area contributed by atoms with Crippen LogP contribution in [0.3, 0.4) is 0 Å². The number of hydrogen-bond acceptors (Lipinski definition) is 2. The molecule has 4 heteroatoms. The summed E-state index contributed by atoms with van der Waals surface area (Å²) in [5, 5.41) is 0. The van der Waals surface area contributed by atoms with Gasteiger partial charge in [-0.2, -0.15) is 20.6 Å². The molecule has 0 amide bonds. The quantitative estimate of drug-likeness (QED) is 0.669. The van der Waals surface area contributed by atoms with Gasteiger partial charge in [-0.25, -0.2) is 0 Å². The Morgan fingerprint density at radius 3 is 2.59 bits per heavy atom. The fraction of sp³-hybridized carbons (Fsp3) is 1.00. The van der Waals surface area contributed by atoms with Gasteiger partial charge in [0.15, 0.2) is 0 Å². The van der Waals surface area contributed by atoms with E-state index in [-0.39, 0.29) is 0 Å². The lowest BCUT2D eigenvalue weighted by atomic mass is 9.92. The van der Waals surface area contributed by atoms with Crippen LogP contribution in [0.2, 0.25) is 0 Å². The van der Waals surface area contributed by atoms with Crippen LogP contribution in [0.15, 0.2) is 0 Å². The van der Waals surface area contributed by atoms with E-state index in [9.17, 15) is 0 Å². The number of nitrogens with two attached hydrogens (primary N) is 1. The van der Waals surface area contributed by atoms with Gasteiger partial charge in [-0.15, -0.1) is 0 Å². The van der Waals surface area contributed by atoms with Crippen LogP contribution in [-0.4, -0.2) is 41.1 Å². The van der Waals surface area contributed by atoms with Gasteiger partial charge in [-0.05, 0) is 64.0 Å². The first-order valence-corrected chi connectivity index (χ1v) is 9.87. The molecule has 0 spiro atoms. The van der Waals surface area contributed by atoms with Gasteiger partial charge in [0, 0.05) is 17.6 Å². The Bertz CT molecular complexity index is 298. The van der Waals surface area contributed by atoms with Crippen molar-refractivity contribution in [3.05, 3.63) is 0 Å². The molecule has 1 aliphatic carbocycles. The number of hydrogen-bond donors (Lipinski definition) is 3. The molecule has 1 saturated carbocycles. The predicted molar refractivity (Wildman–Crippen MR) is 82.7 cm³/mol. The van der Waals surface area contributed by atoms with Crippen molar-refractivity contribution in [2.75, 3.05) is 18.6 Å². The molecule has 1 aliphatic heterocycles. The Morgan fingerprint density at radius 1 is 1.35 bits per heavy atom. The second-order valence-electron chi connectivity index (χ2n) is 6.37.